The first-order chi connectivity index (χ1) is 10.1. The summed E-state index contributed by atoms with van der Waals surface area (Å²) < 4.78 is 1.95. The average Bonchev–Trinajstić information content (AvgIpc) is 2.75. The Balaban J connectivity index is 1.61. The van der Waals surface area contributed by atoms with Gasteiger partial charge < -0.3 is 10.2 Å². The van der Waals surface area contributed by atoms with Crippen molar-refractivity contribution in [2.75, 3.05) is 23.3 Å². The predicted molar refractivity (Wildman–Crippen MR) is 85.8 cm³/mol. The molecule has 1 aliphatic rings. The molecule has 3 rings (SSSR count). The number of hydrogen-bond donors (Lipinski definition) is 1. The lowest BCUT2D eigenvalue weighted by Crippen LogP contribution is -2.39. The smallest absolute Gasteiger partial charge is 0.0827 e. The third-order valence-electron chi connectivity index (χ3n) is 4.38. The van der Waals surface area contributed by atoms with Gasteiger partial charge in [-0.3, -0.25) is 9.67 Å². The van der Waals surface area contributed by atoms with E-state index in [-0.39, 0.29) is 0 Å². The maximum atomic E-state index is 4.48. The average molecular weight is 285 g/mol. The van der Waals surface area contributed by atoms with Gasteiger partial charge in [-0.05, 0) is 38.8 Å². The molecule has 2 aromatic heterocycles. The quantitative estimate of drug-likeness (QED) is 0.941. The van der Waals surface area contributed by atoms with Gasteiger partial charge in [0.15, 0.2) is 0 Å². The number of nitrogens with one attached hydrogen (secondary N) is 1. The summed E-state index contributed by atoms with van der Waals surface area (Å²) in [7, 11) is 2.00. The highest BCUT2D eigenvalue weighted by molar-refractivity contribution is 5.53. The van der Waals surface area contributed by atoms with Crippen LogP contribution in [-0.2, 0) is 7.05 Å². The molecule has 0 spiro atoms. The van der Waals surface area contributed by atoms with E-state index < -0.39 is 0 Å². The van der Waals surface area contributed by atoms with Crippen LogP contribution in [0.5, 0.6) is 0 Å². The van der Waals surface area contributed by atoms with Gasteiger partial charge >= 0.3 is 0 Å². The van der Waals surface area contributed by atoms with Crippen molar-refractivity contribution in [1.29, 1.82) is 0 Å². The number of aryl methyl sites for hydroxylation is 2. The van der Waals surface area contributed by atoms with E-state index in [1.54, 1.807) is 0 Å². The van der Waals surface area contributed by atoms with Crippen LogP contribution in [0.1, 0.15) is 24.2 Å². The first-order valence-electron chi connectivity index (χ1n) is 7.57. The molecule has 0 unspecified atom stereocenters. The molecule has 1 aliphatic heterocycles. The van der Waals surface area contributed by atoms with Crippen molar-refractivity contribution in [3.63, 3.8) is 0 Å². The standard InChI is InChI=1S/C16H23N5/c1-12-16(13(2)20(3)19-12)18-14-6-10-21(11-7-14)15-4-8-17-9-5-15/h4-5,8-9,14,18H,6-7,10-11H2,1-3H3. The molecule has 1 N–H and O–H groups in total. The van der Waals surface area contributed by atoms with Crippen molar-refractivity contribution >= 4 is 11.4 Å². The summed E-state index contributed by atoms with van der Waals surface area (Å²) in [5.74, 6) is 0. The minimum atomic E-state index is 0.532. The largest absolute Gasteiger partial charge is 0.379 e. The van der Waals surface area contributed by atoms with Crippen LogP contribution >= 0.6 is 0 Å². The van der Waals surface area contributed by atoms with Crippen molar-refractivity contribution in [2.24, 2.45) is 7.05 Å². The van der Waals surface area contributed by atoms with Crippen LogP contribution in [0, 0.1) is 13.8 Å². The number of piperidine rings is 1. The van der Waals surface area contributed by atoms with Gasteiger partial charge in [0.05, 0.1) is 17.1 Å². The zero-order valence-corrected chi connectivity index (χ0v) is 13.0. The molecule has 0 aliphatic carbocycles. The highest BCUT2D eigenvalue weighted by atomic mass is 15.3. The normalized spacial score (nSPS) is 16.2. The molecule has 5 nitrogen and oxygen atoms in total. The molecule has 21 heavy (non-hydrogen) atoms. The fraction of sp³-hybridized carbons (Fsp3) is 0.500. The Morgan fingerprint density at radius 3 is 2.38 bits per heavy atom. The van der Waals surface area contributed by atoms with Gasteiger partial charge in [0.1, 0.15) is 0 Å². The molecule has 0 radical (unpaired) electrons. The molecule has 0 bridgehead atoms. The van der Waals surface area contributed by atoms with Gasteiger partial charge in [-0.25, -0.2) is 0 Å². The van der Waals surface area contributed by atoms with Crippen LogP contribution in [0.15, 0.2) is 24.5 Å². The summed E-state index contributed by atoms with van der Waals surface area (Å²) in [6.45, 7) is 6.36. The Bertz CT molecular complexity index is 597. The topological polar surface area (TPSA) is 46.0 Å². The highest BCUT2D eigenvalue weighted by Gasteiger charge is 2.21. The first-order valence-corrected chi connectivity index (χ1v) is 7.57. The minimum absolute atomic E-state index is 0.532. The Morgan fingerprint density at radius 2 is 1.81 bits per heavy atom. The summed E-state index contributed by atoms with van der Waals surface area (Å²) in [5.41, 5.74) is 4.78. The molecule has 3 heterocycles. The van der Waals surface area contributed by atoms with Crippen LogP contribution < -0.4 is 10.2 Å². The van der Waals surface area contributed by atoms with Crippen molar-refractivity contribution in [3.8, 4) is 0 Å². The van der Waals surface area contributed by atoms with Gasteiger partial charge in [-0.2, -0.15) is 5.10 Å². The van der Waals surface area contributed by atoms with Crippen LogP contribution in [0.4, 0.5) is 11.4 Å². The molecule has 0 saturated carbocycles. The fourth-order valence-corrected chi connectivity index (χ4v) is 3.02. The van der Waals surface area contributed by atoms with E-state index in [0.717, 1.165) is 31.6 Å². The van der Waals surface area contributed by atoms with Crippen LogP contribution in [-0.4, -0.2) is 33.9 Å². The van der Waals surface area contributed by atoms with E-state index in [9.17, 15) is 0 Å². The molecular formula is C16H23N5. The summed E-state index contributed by atoms with van der Waals surface area (Å²) in [4.78, 5) is 6.52. The number of anilines is 2. The second-order valence-electron chi connectivity index (χ2n) is 5.78. The summed E-state index contributed by atoms with van der Waals surface area (Å²) in [5, 5.41) is 8.16. The molecule has 1 saturated heterocycles. The second kappa shape index (κ2) is 5.76. The Kier molecular flexibility index (Phi) is 3.82. The van der Waals surface area contributed by atoms with Gasteiger partial charge in [0.25, 0.3) is 0 Å². The molecule has 1 fully saturated rings. The highest BCUT2D eigenvalue weighted by Crippen LogP contribution is 2.24. The third-order valence-corrected chi connectivity index (χ3v) is 4.38. The van der Waals surface area contributed by atoms with E-state index in [0.29, 0.717) is 6.04 Å². The van der Waals surface area contributed by atoms with E-state index >= 15 is 0 Å². The molecule has 0 aromatic carbocycles. The maximum absolute atomic E-state index is 4.48. The lowest BCUT2D eigenvalue weighted by molar-refractivity contribution is 0.526. The fourth-order valence-electron chi connectivity index (χ4n) is 3.02. The van der Waals surface area contributed by atoms with E-state index in [4.69, 9.17) is 0 Å². The Morgan fingerprint density at radius 1 is 1.14 bits per heavy atom. The molecule has 112 valence electrons. The number of pyridine rings is 1. The van der Waals surface area contributed by atoms with E-state index in [1.165, 1.54) is 17.1 Å². The first kappa shape index (κ1) is 13.9. The summed E-state index contributed by atoms with van der Waals surface area (Å²) >= 11 is 0. The molecule has 2 aromatic rings. The van der Waals surface area contributed by atoms with Crippen LogP contribution in [0.3, 0.4) is 0 Å². The van der Waals surface area contributed by atoms with Gasteiger partial charge in [0.2, 0.25) is 0 Å². The third kappa shape index (κ3) is 2.86. The molecule has 0 atom stereocenters. The van der Waals surface area contributed by atoms with Gasteiger partial charge in [-0.15, -0.1) is 0 Å². The molecule has 0 amide bonds. The maximum Gasteiger partial charge on any atom is 0.0827 e. The van der Waals surface area contributed by atoms with Crippen molar-refractivity contribution in [2.45, 2.75) is 32.7 Å². The molecule has 5 heteroatoms. The predicted octanol–water partition coefficient (Wildman–Crippen LogP) is 2.51. The number of aromatic nitrogens is 3. The number of rotatable bonds is 3. The minimum Gasteiger partial charge on any atom is -0.379 e. The van der Waals surface area contributed by atoms with E-state index in [1.807, 2.05) is 24.1 Å². The van der Waals surface area contributed by atoms with Crippen LogP contribution in [0.25, 0.3) is 0 Å². The summed E-state index contributed by atoms with van der Waals surface area (Å²) in [6, 6.07) is 4.71. The SMILES string of the molecule is Cc1nn(C)c(C)c1NC1CCN(c2ccncc2)CC1. The van der Waals surface area contributed by atoms with E-state index in [2.05, 4.69) is 46.3 Å². The second-order valence-corrected chi connectivity index (χ2v) is 5.78. The Hall–Kier alpha value is -2.04. The Labute approximate surface area is 126 Å². The monoisotopic (exact) mass is 285 g/mol. The zero-order chi connectivity index (χ0) is 14.8. The lowest BCUT2D eigenvalue weighted by Gasteiger charge is -2.34. The van der Waals surface area contributed by atoms with Gasteiger partial charge in [0, 0.05) is 44.3 Å². The van der Waals surface area contributed by atoms with Crippen molar-refractivity contribution in [3.05, 3.63) is 35.9 Å². The summed E-state index contributed by atoms with van der Waals surface area (Å²) in [6.07, 6.45) is 6.02. The van der Waals surface area contributed by atoms with Crippen molar-refractivity contribution in [1.82, 2.24) is 14.8 Å². The number of hydrogen-bond acceptors (Lipinski definition) is 4. The molecular weight excluding hydrogens is 262 g/mol. The van der Waals surface area contributed by atoms with Crippen molar-refractivity contribution < 1.29 is 0 Å². The van der Waals surface area contributed by atoms with Gasteiger partial charge in [-0.1, -0.05) is 0 Å². The lowest BCUT2D eigenvalue weighted by atomic mass is 10.0. The number of nitrogens with zero attached hydrogens (tertiary/aromatic N) is 4. The van der Waals surface area contributed by atoms with Crippen LogP contribution in [0.2, 0.25) is 0 Å². The zero-order valence-electron chi connectivity index (χ0n) is 13.0.